The van der Waals surface area contributed by atoms with Crippen molar-refractivity contribution in [1.82, 2.24) is 9.80 Å². The number of imide groups is 2. The molecule has 4 amide bonds. The highest BCUT2D eigenvalue weighted by atomic mass is 16.6. The first-order chi connectivity index (χ1) is 10.5. The average Bonchev–Trinajstić information content (AvgIpc) is 2.69. The lowest BCUT2D eigenvalue weighted by Gasteiger charge is -2.41. The fourth-order valence-corrected chi connectivity index (χ4v) is 3.56. The van der Waals surface area contributed by atoms with Gasteiger partial charge in [0.15, 0.2) is 12.5 Å². The molecule has 7 nitrogen and oxygen atoms in total. The molecule has 3 rings (SSSR count). The summed E-state index contributed by atoms with van der Waals surface area (Å²) in [5, 5.41) is 0. The number of hydrogen-bond donors (Lipinski definition) is 0. The van der Waals surface area contributed by atoms with Crippen LogP contribution in [-0.2, 0) is 19.1 Å². The third-order valence-electron chi connectivity index (χ3n) is 4.61. The van der Waals surface area contributed by atoms with E-state index in [9.17, 15) is 14.4 Å². The molecule has 0 aromatic heterocycles. The molecule has 1 aliphatic carbocycles. The van der Waals surface area contributed by atoms with Gasteiger partial charge in [0, 0.05) is 13.8 Å². The molecule has 7 heteroatoms. The minimum atomic E-state index is -0.824. The van der Waals surface area contributed by atoms with Crippen LogP contribution in [0.4, 0.5) is 4.79 Å². The van der Waals surface area contributed by atoms with Crippen LogP contribution in [0.15, 0.2) is 0 Å². The van der Waals surface area contributed by atoms with Gasteiger partial charge in [0.2, 0.25) is 11.8 Å². The van der Waals surface area contributed by atoms with Crippen LogP contribution < -0.4 is 0 Å². The van der Waals surface area contributed by atoms with E-state index in [0.717, 1.165) is 48.3 Å². The van der Waals surface area contributed by atoms with E-state index in [1.54, 1.807) is 0 Å². The number of amides is 4. The fourth-order valence-electron chi connectivity index (χ4n) is 3.56. The van der Waals surface area contributed by atoms with Crippen LogP contribution in [0.25, 0.3) is 0 Å². The molecule has 2 heterocycles. The van der Waals surface area contributed by atoms with Gasteiger partial charge in [-0.25, -0.2) is 14.6 Å². The number of carbonyl (C=O) groups is 3. The Bertz CT molecular complexity index is 452. The van der Waals surface area contributed by atoms with Crippen molar-refractivity contribution in [2.45, 2.75) is 77.0 Å². The second-order valence-electron chi connectivity index (χ2n) is 6.18. The molecule has 0 aromatic carbocycles. The average molecular weight is 310 g/mol. The Hall–Kier alpha value is -1.47. The molecule has 1 saturated carbocycles. The van der Waals surface area contributed by atoms with Crippen molar-refractivity contribution in [1.29, 1.82) is 0 Å². The van der Waals surface area contributed by atoms with E-state index in [1.807, 2.05) is 0 Å². The van der Waals surface area contributed by atoms with Crippen LogP contribution in [0.5, 0.6) is 0 Å². The minimum absolute atomic E-state index is 0.122. The van der Waals surface area contributed by atoms with Gasteiger partial charge in [-0.3, -0.25) is 9.59 Å². The third-order valence-corrected chi connectivity index (χ3v) is 4.61. The molecular weight excluding hydrogens is 288 g/mol. The Balaban J connectivity index is 1.87. The van der Waals surface area contributed by atoms with E-state index in [0.29, 0.717) is 0 Å². The highest BCUT2D eigenvalue weighted by molar-refractivity contribution is 6.03. The van der Waals surface area contributed by atoms with Crippen LogP contribution in [0.2, 0.25) is 0 Å². The molecular formula is C15H22N2O5. The molecule has 0 unspecified atom stereocenters. The smallest absolute Gasteiger partial charge is 0.338 e. The normalized spacial score (nSPS) is 35.5. The summed E-state index contributed by atoms with van der Waals surface area (Å²) in [5.74, 6) is -0.867. The van der Waals surface area contributed by atoms with Gasteiger partial charge in [-0.2, -0.15) is 0 Å². The van der Waals surface area contributed by atoms with Crippen molar-refractivity contribution < 1.29 is 23.9 Å². The van der Waals surface area contributed by atoms with Gasteiger partial charge in [-0.15, -0.1) is 0 Å². The van der Waals surface area contributed by atoms with Gasteiger partial charge in [0.1, 0.15) is 0 Å². The molecule has 4 atom stereocenters. The quantitative estimate of drug-likeness (QED) is 0.679. The first-order valence-corrected chi connectivity index (χ1v) is 7.95. The summed E-state index contributed by atoms with van der Waals surface area (Å²) >= 11 is 0. The standard InChI is InChI=1S/C15H22N2O5/c1-9(18)16-13-14(17(10(2)19)15(16)20)22-12-8-6-4-3-5-7-11(12)21-13/h11-14H,3-8H2,1-2H3/t11-,12+,13+,14-. The van der Waals surface area contributed by atoms with E-state index >= 15 is 0 Å². The lowest BCUT2D eigenvalue weighted by molar-refractivity contribution is -0.259. The molecule has 122 valence electrons. The number of carbonyl (C=O) groups excluding carboxylic acids is 3. The largest absolute Gasteiger partial charge is 0.347 e. The zero-order valence-electron chi connectivity index (χ0n) is 13.0. The molecule has 2 aliphatic heterocycles. The third kappa shape index (κ3) is 2.52. The summed E-state index contributed by atoms with van der Waals surface area (Å²) in [6.45, 7) is 2.60. The maximum absolute atomic E-state index is 12.3. The van der Waals surface area contributed by atoms with E-state index < -0.39 is 30.3 Å². The Morgan fingerprint density at radius 3 is 1.64 bits per heavy atom. The summed E-state index contributed by atoms with van der Waals surface area (Å²) < 4.78 is 12.1. The summed E-state index contributed by atoms with van der Waals surface area (Å²) in [5.41, 5.74) is 0. The lowest BCUT2D eigenvalue weighted by atomic mass is 9.95. The van der Waals surface area contributed by atoms with E-state index in [4.69, 9.17) is 9.47 Å². The summed E-state index contributed by atoms with van der Waals surface area (Å²) in [7, 11) is 0. The predicted octanol–water partition coefficient (Wildman–Crippen LogP) is 1.61. The lowest BCUT2D eigenvalue weighted by Crippen LogP contribution is -2.55. The van der Waals surface area contributed by atoms with E-state index in [-0.39, 0.29) is 12.2 Å². The zero-order valence-corrected chi connectivity index (χ0v) is 13.0. The molecule has 0 aromatic rings. The van der Waals surface area contributed by atoms with E-state index in [1.165, 1.54) is 13.8 Å². The van der Waals surface area contributed by atoms with E-state index in [2.05, 4.69) is 0 Å². The van der Waals surface area contributed by atoms with Crippen LogP contribution in [0, 0.1) is 0 Å². The SMILES string of the molecule is CC(=O)N1C(=O)N(C(C)=O)[C@H]2O[C@@H]3CCCCCC[C@@H]3O[C@H]21. The van der Waals surface area contributed by atoms with Gasteiger partial charge >= 0.3 is 6.03 Å². The van der Waals surface area contributed by atoms with Gasteiger partial charge < -0.3 is 9.47 Å². The van der Waals surface area contributed by atoms with Crippen molar-refractivity contribution in [3.63, 3.8) is 0 Å². The number of rotatable bonds is 0. The van der Waals surface area contributed by atoms with Crippen LogP contribution in [0.3, 0.4) is 0 Å². The molecule has 0 N–H and O–H groups in total. The first kappa shape index (κ1) is 15.4. The molecule has 0 radical (unpaired) electrons. The summed E-state index contributed by atoms with van der Waals surface area (Å²) in [6, 6.07) is -0.649. The van der Waals surface area contributed by atoms with Crippen LogP contribution in [0.1, 0.15) is 52.4 Å². The summed E-state index contributed by atoms with van der Waals surface area (Å²) in [4.78, 5) is 37.9. The van der Waals surface area contributed by atoms with Gasteiger partial charge in [-0.1, -0.05) is 25.7 Å². The van der Waals surface area contributed by atoms with Gasteiger partial charge in [-0.05, 0) is 12.8 Å². The number of fused-ring (bicyclic) bond motifs is 2. The fraction of sp³-hybridized carbons (Fsp3) is 0.800. The van der Waals surface area contributed by atoms with Crippen molar-refractivity contribution in [2.24, 2.45) is 0 Å². The van der Waals surface area contributed by atoms with Crippen molar-refractivity contribution in [3.8, 4) is 0 Å². The minimum Gasteiger partial charge on any atom is -0.347 e. The topological polar surface area (TPSA) is 76.2 Å². The Morgan fingerprint density at radius 2 is 1.27 bits per heavy atom. The molecule has 0 spiro atoms. The second kappa shape index (κ2) is 5.96. The van der Waals surface area contributed by atoms with Crippen molar-refractivity contribution in [3.05, 3.63) is 0 Å². The van der Waals surface area contributed by atoms with Gasteiger partial charge in [0.05, 0.1) is 12.2 Å². The Kier molecular flexibility index (Phi) is 4.18. The molecule has 2 saturated heterocycles. The van der Waals surface area contributed by atoms with Crippen LogP contribution in [-0.4, -0.2) is 52.3 Å². The highest BCUT2D eigenvalue weighted by Gasteiger charge is 2.56. The second-order valence-corrected chi connectivity index (χ2v) is 6.18. The number of nitrogens with zero attached hydrogens (tertiary/aromatic N) is 2. The number of hydrogen-bond acceptors (Lipinski definition) is 5. The van der Waals surface area contributed by atoms with Crippen LogP contribution >= 0.6 is 0 Å². The van der Waals surface area contributed by atoms with Crippen molar-refractivity contribution >= 4 is 17.8 Å². The predicted molar refractivity (Wildman–Crippen MR) is 75.5 cm³/mol. The molecule has 3 aliphatic rings. The summed E-state index contributed by atoms with van der Waals surface area (Å²) in [6.07, 6.45) is 4.24. The molecule has 22 heavy (non-hydrogen) atoms. The molecule has 0 bridgehead atoms. The monoisotopic (exact) mass is 310 g/mol. The number of ether oxygens (including phenoxy) is 2. The highest BCUT2D eigenvalue weighted by Crippen LogP contribution is 2.36. The van der Waals surface area contributed by atoms with Crippen molar-refractivity contribution in [2.75, 3.05) is 0 Å². The van der Waals surface area contributed by atoms with Gasteiger partial charge in [0.25, 0.3) is 0 Å². The first-order valence-electron chi connectivity index (χ1n) is 7.95. The Morgan fingerprint density at radius 1 is 0.864 bits per heavy atom. The Labute approximate surface area is 129 Å². The number of urea groups is 1. The maximum atomic E-state index is 12.3. The maximum Gasteiger partial charge on any atom is 0.338 e. The molecule has 3 fully saturated rings. The zero-order chi connectivity index (χ0) is 15.9.